The van der Waals surface area contributed by atoms with Crippen LogP contribution in [0.5, 0.6) is 0 Å². The van der Waals surface area contributed by atoms with Crippen molar-refractivity contribution in [3.63, 3.8) is 0 Å². The van der Waals surface area contributed by atoms with E-state index < -0.39 is 0 Å². The largest absolute Gasteiger partial charge is 0.295 e. The van der Waals surface area contributed by atoms with Crippen LogP contribution in [0.15, 0.2) is 24.3 Å². The van der Waals surface area contributed by atoms with E-state index in [2.05, 4.69) is 19.1 Å². The third-order valence-electron chi connectivity index (χ3n) is 3.34. The number of hydrogen-bond acceptors (Lipinski definition) is 2. The number of carbonyl (C=O) groups is 1. The van der Waals surface area contributed by atoms with Crippen LogP contribution >= 0.6 is 11.8 Å². The Kier molecular flexibility index (Phi) is 3.38. The minimum absolute atomic E-state index is 0.152. The lowest BCUT2D eigenvalue weighted by atomic mass is 9.96. The number of rotatable bonds is 5. The highest BCUT2D eigenvalue weighted by atomic mass is 32.2. The Balaban J connectivity index is 2.12. The van der Waals surface area contributed by atoms with E-state index in [1.54, 1.807) is 6.92 Å². The number of Topliss-reactive ketones (excluding diaryl/α,β-unsaturated/α-hetero) is 1. The molecule has 1 aliphatic carbocycles. The van der Waals surface area contributed by atoms with Crippen LogP contribution in [0.25, 0.3) is 0 Å². The summed E-state index contributed by atoms with van der Waals surface area (Å²) in [5, 5.41) is 0. The monoisotopic (exact) mass is 234 g/mol. The highest BCUT2D eigenvalue weighted by Crippen LogP contribution is 2.50. The van der Waals surface area contributed by atoms with Crippen molar-refractivity contribution in [2.24, 2.45) is 0 Å². The summed E-state index contributed by atoms with van der Waals surface area (Å²) in [4.78, 5) is 11.2. The van der Waals surface area contributed by atoms with E-state index in [-0.39, 0.29) is 5.78 Å². The highest BCUT2D eigenvalue weighted by molar-refractivity contribution is 7.99. The Bertz CT molecular complexity index is 376. The maximum Gasteiger partial charge on any atom is 0.159 e. The summed E-state index contributed by atoms with van der Waals surface area (Å²) in [5.41, 5.74) is 2.66. The molecule has 1 nitrogen and oxygen atoms in total. The molecule has 1 aromatic carbocycles. The zero-order valence-electron chi connectivity index (χ0n) is 9.95. The second kappa shape index (κ2) is 4.62. The Morgan fingerprint density at radius 1 is 1.31 bits per heavy atom. The molecule has 1 aromatic rings. The van der Waals surface area contributed by atoms with Gasteiger partial charge in [0.05, 0.1) is 0 Å². The molecule has 1 aliphatic rings. The first-order valence-electron chi connectivity index (χ1n) is 5.87. The Morgan fingerprint density at radius 3 is 2.38 bits per heavy atom. The number of carbonyl (C=O) groups excluding carboxylic acids is 1. The van der Waals surface area contributed by atoms with Crippen molar-refractivity contribution in [2.75, 3.05) is 11.5 Å². The lowest BCUT2D eigenvalue weighted by Gasteiger charge is -2.15. The average molecular weight is 234 g/mol. The Morgan fingerprint density at radius 2 is 1.94 bits per heavy atom. The third kappa shape index (κ3) is 2.32. The molecule has 2 rings (SSSR count). The SMILES string of the molecule is CCSCC1(c2ccc(C(C)=O)cc2)CC1. The van der Waals surface area contributed by atoms with Crippen LogP contribution in [0, 0.1) is 0 Å². The van der Waals surface area contributed by atoms with Gasteiger partial charge in [0.25, 0.3) is 0 Å². The van der Waals surface area contributed by atoms with Crippen molar-refractivity contribution in [2.45, 2.75) is 32.1 Å². The van der Waals surface area contributed by atoms with Crippen molar-refractivity contribution in [1.29, 1.82) is 0 Å². The third-order valence-corrected chi connectivity index (χ3v) is 4.50. The van der Waals surface area contributed by atoms with Crippen LogP contribution in [0.2, 0.25) is 0 Å². The molecule has 0 amide bonds. The van der Waals surface area contributed by atoms with Crippen molar-refractivity contribution in [1.82, 2.24) is 0 Å². The summed E-state index contributed by atoms with van der Waals surface area (Å²) in [7, 11) is 0. The fourth-order valence-electron chi connectivity index (χ4n) is 2.02. The van der Waals surface area contributed by atoms with Gasteiger partial charge in [-0.1, -0.05) is 31.2 Å². The molecule has 0 saturated heterocycles. The summed E-state index contributed by atoms with van der Waals surface area (Å²) in [6.07, 6.45) is 2.61. The molecule has 2 heteroatoms. The van der Waals surface area contributed by atoms with Crippen LogP contribution in [0.1, 0.15) is 42.6 Å². The molecule has 16 heavy (non-hydrogen) atoms. The fourth-order valence-corrected chi connectivity index (χ4v) is 3.07. The summed E-state index contributed by atoms with van der Waals surface area (Å²) in [6, 6.07) is 8.21. The molecule has 0 heterocycles. The Labute approximate surface area is 102 Å². The van der Waals surface area contributed by atoms with Gasteiger partial charge in [0.2, 0.25) is 0 Å². The first kappa shape index (κ1) is 11.7. The quantitative estimate of drug-likeness (QED) is 0.723. The van der Waals surface area contributed by atoms with Gasteiger partial charge in [-0.15, -0.1) is 0 Å². The van der Waals surface area contributed by atoms with Crippen LogP contribution in [-0.2, 0) is 5.41 Å². The minimum Gasteiger partial charge on any atom is -0.295 e. The van der Waals surface area contributed by atoms with Crippen LogP contribution in [0.4, 0.5) is 0 Å². The molecule has 0 unspecified atom stereocenters. The molecule has 0 atom stereocenters. The number of thioether (sulfide) groups is 1. The minimum atomic E-state index is 0.152. The van der Waals surface area contributed by atoms with E-state index in [0.717, 1.165) is 5.56 Å². The molecule has 1 fully saturated rings. The van der Waals surface area contributed by atoms with E-state index in [1.807, 2.05) is 23.9 Å². The van der Waals surface area contributed by atoms with Gasteiger partial charge in [-0.3, -0.25) is 4.79 Å². The van der Waals surface area contributed by atoms with Crippen LogP contribution in [-0.4, -0.2) is 17.3 Å². The van der Waals surface area contributed by atoms with Crippen molar-refractivity contribution in [3.05, 3.63) is 35.4 Å². The van der Waals surface area contributed by atoms with E-state index in [0.29, 0.717) is 5.41 Å². The second-order valence-corrected chi connectivity index (χ2v) is 5.83. The molecule has 0 radical (unpaired) electrons. The summed E-state index contributed by atoms with van der Waals surface area (Å²) >= 11 is 2.02. The van der Waals surface area contributed by atoms with E-state index >= 15 is 0 Å². The predicted octanol–water partition coefficient (Wildman–Crippen LogP) is 3.67. The first-order valence-corrected chi connectivity index (χ1v) is 7.03. The number of ketones is 1. The molecule has 0 bridgehead atoms. The van der Waals surface area contributed by atoms with E-state index in [1.165, 1.54) is 29.9 Å². The maximum atomic E-state index is 11.2. The van der Waals surface area contributed by atoms with Crippen LogP contribution < -0.4 is 0 Å². The normalized spacial score (nSPS) is 17.1. The summed E-state index contributed by atoms with van der Waals surface area (Å²) in [5.74, 6) is 2.57. The van der Waals surface area contributed by atoms with Gasteiger partial charge in [-0.25, -0.2) is 0 Å². The van der Waals surface area contributed by atoms with Gasteiger partial charge < -0.3 is 0 Å². The molecule has 0 aromatic heterocycles. The second-order valence-electron chi connectivity index (χ2n) is 4.55. The molecule has 86 valence electrons. The maximum absolute atomic E-state index is 11.2. The molecule has 0 aliphatic heterocycles. The zero-order chi connectivity index (χ0) is 11.6. The van der Waals surface area contributed by atoms with E-state index in [9.17, 15) is 4.79 Å². The Hall–Kier alpha value is -0.760. The first-order chi connectivity index (χ1) is 7.68. The molecular formula is C14H18OS. The number of hydrogen-bond donors (Lipinski definition) is 0. The lowest BCUT2D eigenvalue weighted by Crippen LogP contribution is -2.10. The van der Waals surface area contributed by atoms with Gasteiger partial charge >= 0.3 is 0 Å². The van der Waals surface area contributed by atoms with Gasteiger partial charge in [-0.05, 0) is 31.1 Å². The molecular weight excluding hydrogens is 216 g/mol. The standard InChI is InChI=1S/C14H18OS/c1-3-16-10-14(8-9-14)13-6-4-12(5-7-13)11(2)15/h4-7H,3,8-10H2,1-2H3. The van der Waals surface area contributed by atoms with Crippen molar-refractivity contribution < 1.29 is 4.79 Å². The van der Waals surface area contributed by atoms with Crippen LogP contribution in [0.3, 0.4) is 0 Å². The van der Waals surface area contributed by atoms with E-state index in [4.69, 9.17) is 0 Å². The van der Waals surface area contributed by atoms with Crippen molar-refractivity contribution >= 4 is 17.5 Å². The molecule has 0 N–H and O–H groups in total. The lowest BCUT2D eigenvalue weighted by molar-refractivity contribution is 0.101. The van der Waals surface area contributed by atoms with Crippen molar-refractivity contribution in [3.8, 4) is 0 Å². The summed E-state index contributed by atoms with van der Waals surface area (Å²) < 4.78 is 0. The zero-order valence-corrected chi connectivity index (χ0v) is 10.8. The fraction of sp³-hybridized carbons (Fsp3) is 0.500. The number of benzene rings is 1. The van der Waals surface area contributed by atoms with Gasteiger partial charge in [0.1, 0.15) is 0 Å². The topological polar surface area (TPSA) is 17.1 Å². The predicted molar refractivity (Wildman–Crippen MR) is 70.4 cm³/mol. The van der Waals surface area contributed by atoms with Gasteiger partial charge in [-0.2, -0.15) is 11.8 Å². The smallest absolute Gasteiger partial charge is 0.159 e. The highest BCUT2D eigenvalue weighted by Gasteiger charge is 2.43. The average Bonchev–Trinajstić information content (AvgIpc) is 3.08. The molecule has 1 saturated carbocycles. The summed E-state index contributed by atoms with van der Waals surface area (Å²) in [6.45, 7) is 3.83. The molecule has 0 spiro atoms. The van der Waals surface area contributed by atoms with Gasteiger partial charge in [0, 0.05) is 16.7 Å². The van der Waals surface area contributed by atoms with Gasteiger partial charge in [0.15, 0.2) is 5.78 Å².